The summed E-state index contributed by atoms with van der Waals surface area (Å²) in [6.45, 7) is 1.73. The molecule has 0 atom stereocenters. The summed E-state index contributed by atoms with van der Waals surface area (Å²) < 4.78 is 0. The molecule has 0 spiro atoms. The van der Waals surface area contributed by atoms with E-state index in [9.17, 15) is 14.4 Å². The Bertz CT molecular complexity index is 879. The van der Waals surface area contributed by atoms with Gasteiger partial charge in [0.05, 0.1) is 6.54 Å². The van der Waals surface area contributed by atoms with Crippen LogP contribution in [0, 0.1) is 6.92 Å². The number of hydrogen-bond acceptors (Lipinski definition) is 4. The van der Waals surface area contributed by atoms with Gasteiger partial charge in [-0.05, 0) is 49.6 Å². The fraction of sp³-hybridized carbons (Fsp3) is 0.391. The van der Waals surface area contributed by atoms with E-state index in [1.165, 1.54) is 0 Å². The van der Waals surface area contributed by atoms with Gasteiger partial charge in [0.2, 0.25) is 11.8 Å². The molecule has 0 unspecified atom stereocenters. The first-order valence-corrected chi connectivity index (χ1v) is 10.4. The number of pyridine rings is 1. The molecule has 3 amide bonds. The van der Waals surface area contributed by atoms with Gasteiger partial charge < -0.3 is 15.5 Å². The number of nitrogens with zero attached hydrogens (tertiary/aromatic N) is 2. The molecule has 30 heavy (non-hydrogen) atoms. The van der Waals surface area contributed by atoms with Crippen LogP contribution in [-0.4, -0.2) is 46.7 Å². The van der Waals surface area contributed by atoms with Gasteiger partial charge in [-0.2, -0.15) is 0 Å². The van der Waals surface area contributed by atoms with Gasteiger partial charge in [-0.1, -0.05) is 31.4 Å². The summed E-state index contributed by atoms with van der Waals surface area (Å²) in [6.07, 6.45) is 8.16. The van der Waals surface area contributed by atoms with E-state index in [2.05, 4.69) is 15.6 Å². The van der Waals surface area contributed by atoms with Crippen molar-refractivity contribution in [3.05, 3.63) is 59.9 Å². The quantitative estimate of drug-likeness (QED) is 0.737. The van der Waals surface area contributed by atoms with Crippen LogP contribution in [0.1, 0.15) is 48.0 Å². The summed E-state index contributed by atoms with van der Waals surface area (Å²) >= 11 is 0. The second-order valence-corrected chi connectivity index (χ2v) is 7.66. The third-order valence-corrected chi connectivity index (χ3v) is 5.27. The van der Waals surface area contributed by atoms with Crippen LogP contribution in [0.5, 0.6) is 0 Å². The Morgan fingerprint density at radius 2 is 1.77 bits per heavy atom. The number of amides is 3. The van der Waals surface area contributed by atoms with Crippen LogP contribution < -0.4 is 10.6 Å². The van der Waals surface area contributed by atoms with Crippen LogP contribution in [-0.2, 0) is 9.59 Å². The van der Waals surface area contributed by atoms with E-state index in [0.717, 1.165) is 37.7 Å². The van der Waals surface area contributed by atoms with Crippen molar-refractivity contribution in [3.8, 4) is 0 Å². The van der Waals surface area contributed by atoms with Gasteiger partial charge in [0.15, 0.2) is 0 Å². The smallest absolute Gasteiger partial charge is 0.254 e. The molecule has 1 aromatic carbocycles. The first-order valence-electron chi connectivity index (χ1n) is 10.4. The van der Waals surface area contributed by atoms with Crippen LogP contribution >= 0.6 is 0 Å². The number of carbonyl (C=O) groups excluding carboxylic acids is 3. The van der Waals surface area contributed by atoms with E-state index >= 15 is 0 Å². The molecule has 7 heteroatoms. The van der Waals surface area contributed by atoms with Crippen LogP contribution in [0.4, 0.5) is 5.69 Å². The van der Waals surface area contributed by atoms with Gasteiger partial charge in [-0.3, -0.25) is 19.4 Å². The minimum absolute atomic E-state index is 0.0336. The summed E-state index contributed by atoms with van der Waals surface area (Å²) in [5.74, 6) is -0.829. The molecule has 0 aliphatic heterocycles. The lowest BCUT2D eigenvalue weighted by molar-refractivity contribution is -0.125. The van der Waals surface area contributed by atoms with E-state index in [0.29, 0.717) is 11.3 Å². The lowest BCUT2D eigenvalue weighted by Crippen LogP contribution is -2.48. The average Bonchev–Trinajstić information content (AvgIpc) is 2.77. The van der Waals surface area contributed by atoms with Crippen LogP contribution in [0.3, 0.4) is 0 Å². The average molecular weight is 409 g/mol. The zero-order valence-electron chi connectivity index (χ0n) is 17.3. The highest BCUT2D eigenvalue weighted by Gasteiger charge is 2.28. The van der Waals surface area contributed by atoms with Crippen LogP contribution in [0.2, 0.25) is 0 Å². The maximum Gasteiger partial charge on any atom is 0.254 e. The largest absolute Gasteiger partial charge is 0.345 e. The monoisotopic (exact) mass is 408 g/mol. The molecule has 0 bridgehead atoms. The Labute approximate surface area is 176 Å². The van der Waals surface area contributed by atoms with E-state index in [1.807, 2.05) is 25.1 Å². The number of benzene rings is 1. The zero-order chi connectivity index (χ0) is 21.3. The molecule has 1 aliphatic rings. The molecule has 0 saturated heterocycles. The Kier molecular flexibility index (Phi) is 7.54. The lowest BCUT2D eigenvalue weighted by atomic mass is 9.93. The minimum Gasteiger partial charge on any atom is -0.345 e. The van der Waals surface area contributed by atoms with Gasteiger partial charge in [0.25, 0.3) is 5.91 Å². The number of carbonyl (C=O) groups is 3. The van der Waals surface area contributed by atoms with Gasteiger partial charge in [0.1, 0.15) is 6.54 Å². The highest BCUT2D eigenvalue weighted by Crippen LogP contribution is 2.24. The minimum atomic E-state index is -0.345. The molecule has 2 aromatic rings. The molecule has 158 valence electrons. The zero-order valence-corrected chi connectivity index (χ0v) is 17.3. The maximum atomic E-state index is 13.0. The van der Waals surface area contributed by atoms with Crippen molar-refractivity contribution in [2.45, 2.75) is 45.1 Å². The summed E-state index contributed by atoms with van der Waals surface area (Å²) in [6, 6.07) is 10.8. The predicted octanol–water partition coefficient (Wildman–Crippen LogP) is 2.92. The van der Waals surface area contributed by atoms with Crippen molar-refractivity contribution < 1.29 is 14.4 Å². The van der Waals surface area contributed by atoms with Crippen molar-refractivity contribution in [1.82, 2.24) is 15.2 Å². The summed E-state index contributed by atoms with van der Waals surface area (Å²) in [4.78, 5) is 43.3. The lowest BCUT2D eigenvalue weighted by Gasteiger charge is -2.34. The third-order valence-electron chi connectivity index (χ3n) is 5.27. The topological polar surface area (TPSA) is 91.4 Å². The van der Waals surface area contributed by atoms with Crippen molar-refractivity contribution in [1.29, 1.82) is 0 Å². The maximum absolute atomic E-state index is 13.0. The van der Waals surface area contributed by atoms with E-state index < -0.39 is 0 Å². The first kappa shape index (κ1) is 21.5. The molecular weight excluding hydrogens is 380 g/mol. The Morgan fingerprint density at radius 3 is 2.47 bits per heavy atom. The van der Waals surface area contributed by atoms with Crippen LogP contribution in [0.25, 0.3) is 0 Å². The molecule has 1 saturated carbocycles. The Morgan fingerprint density at radius 1 is 1.03 bits per heavy atom. The molecule has 2 N–H and O–H groups in total. The van der Waals surface area contributed by atoms with E-state index in [4.69, 9.17) is 0 Å². The highest BCUT2D eigenvalue weighted by atomic mass is 16.2. The second kappa shape index (κ2) is 10.5. The first-order chi connectivity index (χ1) is 14.5. The standard InChI is InChI=1S/C23H28N4O3/c1-17-6-5-7-19(14-17)26-21(28)15-25-22(29)16-27(20-8-3-2-4-9-20)23(30)18-10-12-24-13-11-18/h5-7,10-14,20H,2-4,8-9,15-16H2,1H3,(H,25,29)(H,26,28). The Balaban J connectivity index is 1.58. The van der Waals surface area contributed by atoms with Crippen LogP contribution in [0.15, 0.2) is 48.8 Å². The number of nitrogens with one attached hydrogen (secondary N) is 2. The Hall–Kier alpha value is -3.22. The fourth-order valence-electron chi connectivity index (χ4n) is 3.74. The van der Waals surface area contributed by atoms with Gasteiger partial charge in [-0.25, -0.2) is 0 Å². The number of aromatic nitrogens is 1. The molecule has 0 radical (unpaired) electrons. The molecule has 7 nitrogen and oxygen atoms in total. The third kappa shape index (κ3) is 6.14. The summed E-state index contributed by atoms with van der Waals surface area (Å²) in [5.41, 5.74) is 2.24. The molecule has 1 fully saturated rings. The predicted molar refractivity (Wildman–Crippen MR) is 115 cm³/mol. The molecule has 1 aromatic heterocycles. The van der Waals surface area contributed by atoms with Gasteiger partial charge in [-0.15, -0.1) is 0 Å². The number of hydrogen-bond donors (Lipinski definition) is 2. The number of rotatable bonds is 7. The molecule has 3 rings (SSSR count). The number of anilines is 1. The van der Waals surface area contributed by atoms with Crippen molar-refractivity contribution in [3.63, 3.8) is 0 Å². The van der Waals surface area contributed by atoms with Gasteiger partial charge in [0, 0.05) is 29.7 Å². The summed E-state index contributed by atoms with van der Waals surface area (Å²) in [7, 11) is 0. The van der Waals surface area contributed by atoms with Gasteiger partial charge >= 0.3 is 0 Å². The number of aryl methyl sites for hydroxylation is 1. The fourth-order valence-corrected chi connectivity index (χ4v) is 3.74. The SMILES string of the molecule is Cc1cccc(NC(=O)CNC(=O)CN(C(=O)c2ccncc2)C2CCCCC2)c1. The molecule has 1 heterocycles. The molecular formula is C23H28N4O3. The van der Waals surface area contributed by atoms with Crippen molar-refractivity contribution in [2.75, 3.05) is 18.4 Å². The van der Waals surface area contributed by atoms with E-state index in [-0.39, 0.29) is 36.9 Å². The van der Waals surface area contributed by atoms with Crippen molar-refractivity contribution in [2.24, 2.45) is 0 Å². The second-order valence-electron chi connectivity index (χ2n) is 7.66. The van der Waals surface area contributed by atoms with E-state index in [1.54, 1.807) is 35.5 Å². The normalized spacial score (nSPS) is 14.0. The summed E-state index contributed by atoms with van der Waals surface area (Å²) in [5, 5.41) is 5.40. The van der Waals surface area contributed by atoms with Crippen molar-refractivity contribution >= 4 is 23.4 Å². The highest BCUT2D eigenvalue weighted by molar-refractivity contribution is 5.98. The molecule has 1 aliphatic carbocycles.